The second-order valence-corrected chi connectivity index (χ2v) is 13.1. The van der Waals surface area contributed by atoms with E-state index in [1.807, 2.05) is 51.1 Å². The predicted molar refractivity (Wildman–Crippen MR) is 153 cm³/mol. The van der Waals surface area contributed by atoms with Crippen molar-refractivity contribution >= 4 is 11.9 Å². The van der Waals surface area contributed by atoms with Gasteiger partial charge in [-0.2, -0.15) is 0 Å². The first kappa shape index (κ1) is 29.5. The maximum atomic E-state index is 14.5. The Morgan fingerprint density at radius 3 is 2.39 bits per heavy atom. The number of amides is 1. The third kappa shape index (κ3) is 5.85. The van der Waals surface area contributed by atoms with Crippen LogP contribution in [0.3, 0.4) is 0 Å². The molecule has 0 spiro atoms. The summed E-state index contributed by atoms with van der Waals surface area (Å²) in [5.41, 5.74) is 3.87. The standard InChI is InChI=1S/C33H42F2N2O4/c1-32(2,3)26-27(36-19-24-16-21-12-8-13-22(21)17-25(24)41-4)28(20-10-6-5-7-11-20)37(29(26)31(39)40)30(38)23-14-9-15-33(34,35)18-23/h5-7,10-11,16-17,23,26-29,36H,8-9,12-15,18-19H2,1-4H3,(H,39,40)/t23-,26+,27+,28+,29+/m1/s1. The van der Waals surface area contributed by atoms with Gasteiger partial charge in [0.2, 0.25) is 11.8 Å². The summed E-state index contributed by atoms with van der Waals surface area (Å²) in [7, 11) is 1.65. The fraction of sp³-hybridized carbons (Fsp3) is 0.576. The second kappa shape index (κ2) is 11.3. The molecule has 222 valence electrons. The van der Waals surface area contributed by atoms with E-state index in [2.05, 4.69) is 17.4 Å². The highest BCUT2D eigenvalue weighted by Crippen LogP contribution is 2.50. The molecule has 1 amide bonds. The lowest BCUT2D eigenvalue weighted by molar-refractivity contribution is -0.157. The number of aryl methyl sites for hydroxylation is 2. The molecule has 2 aromatic carbocycles. The van der Waals surface area contributed by atoms with Gasteiger partial charge in [-0.1, -0.05) is 57.2 Å². The van der Waals surface area contributed by atoms with Gasteiger partial charge in [0.1, 0.15) is 11.8 Å². The number of benzene rings is 2. The van der Waals surface area contributed by atoms with Crippen LogP contribution < -0.4 is 10.1 Å². The number of likely N-dealkylation sites (tertiary alicyclic amines) is 1. The number of ether oxygens (including phenoxy) is 1. The number of carboxylic acids is 1. The van der Waals surface area contributed by atoms with Crippen LogP contribution >= 0.6 is 0 Å². The van der Waals surface area contributed by atoms with Crippen LogP contribution in [0, 0.1) is 17.3 Å². The molecular formula is C33H42F2N2O4. The molecule has 0 aromatic heterocycles. The minimum absolute atomic E-state index is 0.237. The van der Waals surface area contributed by atoms with Gasteiger partial charge in [0.25, 0.3) is 0 Å². The van der Waals surface area contributed by atoms with E-state index >= 15 is 0 Å². The lowest BCUT2D eigenvalue weighted by Gasteiger charge is -2.37. The van der Waals surface area contributed by atoms with Crippen LogP contribution in [-0.2, 0) is 29.0 Å². The summed E-state index contributed by atoms with van der Waals surface area (Å²) in [4.78, 5) is 28.6. The van der Waals surface area contributed by atoms with Gasteiger partial charge in [-0.05, 0) is 60.3 Å². The van der Waals surface area contributed by atoms with E-state index < -0.39 is 59.6 Å². The van der Waals surface area contributed by atoms with Crippen LogP contribution in [0.4, 0.5) is 8.78 Å². The Balaban J connectivity index is 1.57. The van der Waals surface area contributed by atoms with Crippen molar-refractivity contribution in [1.82, 2.24) is 10.2 Å². The van der Waals surface area contributed by atoms with Crippen LogP contribution in [0.5, 0.6) is 5.75 Å². The Labute approximate surface area is 241 Å². The Kier molecular flexibility index (Phi) is 8.16. The van der Waals surface area contributed by atoms with E-state index in [-0.39, 0.29) is 12.8 Å². The predicted octanol–water partition coefficient (Wildman–Crippen LogP) is 6.17. The third-order valence-corrected chi connectivity index (χ3v) is 9.33. The van der Waals surface area contributed by atoms with Crippen molar-refractivity contribution in [3.8, 4) is 5.75 Å². The van der Waals surface area contributed by atoms with Gasteiger partial charge in [-0.3, -0.25) is 4.79 Å². The van der Waals surface area contributed by atoms with Crippen LogP contribution in [0.25, 0.3) is 0 Å². The molecule has 5 atom stereocenters. The normalized spacial score (nSPS) is 27.5. The summed E-state index contributed by atoms with van der Waals surface area (Å²) < 4.78 is 34.7. The van der Waals surface area contributed by atoms with Crippen molar-refractivity contribution in [2.75, 3.05) is 7.11 Å². The number of carbonyl (C=O) groups excluding carboxylic acids is 1. The molecule has 0 radical (unpaired) electrons. The molecule has 5 rings (SSSR count). The minimum Gasteiger partial charge on any atom is -0.496 e. The first-order valence-electron chi connectivity index (χ1n) is 14.8. The van der Waals surface area contributed by atoms with E-state index in [9.17, 15) is 23.5 Å². The SMILES string of the molecule is COc1cc2c(cc1CN[C@H]1[C@H](C(C)(C)C)[C@@H](C(=O)O)N(C(=O)[C@@H]3CCCC(F)(F)C3)[C@H]1c1ccccc1)CCC2. The quantitative estimate of drug-likeness (QED) is 0.418. The molecule has 2 fully saturated rings. The lowest BCUT2D eigenvalue weighted by Crippen LogP contribution is -2.50. The minimum atomic E-state index is -2.93. The number of aliphatic carboxylic acids is 1. The number of rotatable bonds is 7. The number of carboxylic acid groups (broad SMARTS) is 1. The zero-order valence-corrected chi connectivity index (χ0v) is 24.5. The highest BCUT2D eigenvalue weighted by atomic mass is 19.3. The maximum absolute atomic E-state index is 14.5. The number of halogens is 2. The molecule has 1 aliphatic heterocycles. The monoisotopic (exact) mass is 568 g/mol. The first-order valence-corrected chi connectivity index (χ1v) is 14.8. The smallest absolute Gasteiger partial charge is 0.326 e. The van der Waals surface area contributed by atoms with Crippen molar-refractivity contribution in [3.63, 3.8) is 0 Å². The molecule has 1 saturated carbocycles. The Bertz CT molecular complexity index is 1280. The molecule has 2 N–H and O–H groups in total. The molecule has 2 aromatic rings. The highest BCUT2D eigenvalue weighted by Gasteiger charge is 2.59. The largest absolute Gasteiger partial charge is 0.496 e. The molecule has 1 heterocycles. The van der Waals surface area contributed by atoms with E-state index in [1.165, 1.54) is 16.0 Å². The summed E-state index contributed by atoms with van der Waals surface area (Å²) in [6.07, 6.45) is 2.96. The zero-order valence-electron chi connectivity index (χ0n) is 24.5. The van der Waals surface area contributed by atoms with Crippen molar-refractivity contribution in [2.45, 2.75) is 96.3 Å². The Hall–Kier alpha value is -3.00. The fourth-order valence-corrected chi connectivity index (χ4v) is 7.53. The topological polar surface area (TPSA) is 78.9 Å². The second-order valence-electron chi connectivity index (χ2n) is 13.1. The first-order chi connectivity index (χ1) is 19.4. The number of nitrogens with zero attached hydrogens (tertiary/aromatic N) is 1. The average molecular weight is 569 g/mol. The van der Waals surface area contributed by atoms with E-state index in [0.717, 1.165) is 36.1 Å². The number of nitrogens with one attached hydrogen (secondary N) is 1. The third-order valence-electron chi connectivity index (χ3n) is 9.33. The van der Waals surface area contributed by atoms with Crippen molar-refractivity contribution in [1.29, 1.82) is 0 Å². The van der Waals surface area contributed by atoms with Gasteiger partial charge in [0.05, 0.1) is 13.2 Å². The number of alkyl halides is 2. The van der Waals surface area contributed by atoms with Gasteiger partial charge in [-0.25, -0.2) is 13.6 Å². The molecule has 0 unspecified atom stereocenters. The van der Waals surface area contributed by atoms with Crippen LogP contribution in [-0.4, -0.2) is 47.0 Å². The number of hydrogen-bond donors (Lipinski definition) is 2. The van der Waals surface area contributed by atoms with Crippen LogP contribution in [0.1, 0.15) is 81.2 Å². The molecule has 8 heteroatoms. The average Bonchev–Trinajstić information content (AvgIpc) is 3.52. The van der Waals surface area contributed by atoms with Crippen LogP contribution in [0.2, 0.25) is 0 Å². The van der Waals surface area contributed by atoms with Crippen molar-refractivity contribution in [3.05, 3.63) is 64.7 Å². The van der Waals surface area contributed by atoms with E-state index in [4.69, 9.17) is 4.74 Å². The lowest BCUT2D eigenvalue weighted by atomic mass is 9.72. The fourth-order valence-electron chi connectivity index (χ4n) is 7.53. The molecule has 6 nitrogen and oxygen atoms in total. The molecule has 2 aliphatic carbocycles. The van der Waals surface area contributed by atoms with Crippen molar-refractivity contribution in [2.24, 2.45) is 17.3 Å². The number of methoxy groups -OCH3 is 1. The summed E-state index contributed by atoms with van der Waals surface area (Å²) in [5, 5.41) is 14.3. The van der Waals surface area contributed by atoms with Gasteiger partial charge in [0.15, 0.2) is 0 Å². The van der Waals surface area contributed by atoms with Gasteiger partial charge in [-0.15, -0.1) is 0 Å². The summed E-state index contributed by atoms with van der Waals surface area (Å²) >= 11 is 0. The highest BCUT2D eigenvalue weighted by molar-refractivity contribution is 5.87. The summed E-state index contributed by atoms with van der Waals surface area (Å²) in [6, 6.07) is 11.4. The molecular weight excluding hydrogens is 526 g/mol. The molecule has 41 heavy (non-hydrogen) atoms. The zero-order chi connectivity index (χ0) is 29.5. The number of carbonyl (C=O) groups is 2. The summed E-state index contributed by atoms with van der Waals surface area (Å²) in [5.74, 6) is -5.14. The summed E-state index contributed by atoms with van der Waals surface area (Å²) in [6.45, 7) is 6.39. The van der Waals surface area contributed by atoms with Gasteiger partial charge >= 0.3 is 5.97 Å². The van der Waals surface area contributed by atoms with Crippen molar-refractivity contribution < 1.29 is 28.2 Å². The van der Waals surface area contributed by atoms with Gasteiger partial charge < -0.3 is 20.1 Å². The maximum Gasteiger partial charge on any atom is 0.326 e. The molecule has 3 aliphatic rings. The Morgan fingerprint density at radius 1 is 1.10 bits per heavy atom. The van der Waals surface area contributed by atoms with Gasteiger partial charge in [0, 0.05) is 42.8 Å². The van der Waals surface area contributed by atoms with E-state index in [0.29, 0.717) is 13.0 Å². The molecule has 0 bridgehead atoms. The number of fused-ring (bicyclic) bond motifs is 1. The van der Waals surface area contributed by atoms with Crippen LogP contribution in [0.15, 0.2) is 42.5 Å². The van der Waals surface area contributed by atoms with E-state index in [1.54, 1.807) is 7.11 Å². The Morgan fingerprint density at radius 2 is 1.78 bits per heavy atom. The number of hydrogen-bond acceptors (Lipinski definition) is 4. The molecule has 1 saturated heterocycles.